The molecule has 0 radical (unpaired) electrons. The van der Waals surface area contributed by atoms with Crippen molar-refractivity contribution in [1.82, 2.24) is 5.32 Å². The van der Waals surface area contributed by atoms with Crippen molar-refractivity contribution in [2.45, 2.75) is 45.1 Å². The molecule has 1 saturated carbocycles. The number of nitrogens with one attached hydrogen (secondary N) is 1. The molecule has 1 atom stereocenters. The first-order valence-electron chi connectivity index (χ1n) is 7.14. The van der Waals surface area contributed by atoms with Crippen molar-refractivity contribution in [3.05, 3.63) is 39.9 Å². The first-order chi connectivity index (χ1) is 9.18. The molecule has 1 aliphatic rings. The van der Waals surface area contributed by atoms with Gasteiger partial charge < -0.3 is 5.32 Å². The van der Waals surface area contributed by atoms with Crippen LogP contribution in [-0.4, -0.2) is 17.5 Å². The molecule has 0 spiro atoms. The number of rotatable bonds is 6. The Labute approximate surface area is 114 Å². The smallest absolute Gasteiger partial charge is 0.272 e. The second-order valence-electron chi connectivity index (χ2n) is 5.42. The van der Waals surface area contributed by atoms with Gasteiger partial charge >= 0.3 is 0 Å². The van der Waals surface area contributed by atoms with E-state index >= 15 is 0 Å². The van der Waals surface area contributed by atoms with Gasteiger partial charge in [0.15, 0.2) is 0 Å². The molecular formula is C15H22N2O2. The van der Waals surface area contributed by atoms with E-state index in [-0.39, 0.29) is 10.6 Å². The van der Waals surface area contributed by atoms with Gasteiger partial charge in [-0.1, -0.05) is 31.0 Å². The van der Waals surface area contributed by atoms with Gasteiger partial charge in [0.25, 0.3) is 5.69 Å². The van der Waals surface area contributed by atoms with Crippen molar-refractivity contribution >= 4 is 5.69 Å². The first kappa shape index (κ1) is 14.0. The van der Waals surface area contributed by atoms with Crippen molar-refractivity contribution in [2.24, 2.45) is 5.92 Å². The summed E-state index contributed by atoms with van der Waals surface area (Å²) in [5.74, 6) is 0.783. The van der Waals surface area contributed by atoms with Crippen molar-refractivity contribution in [3.8, 4) is 0 Å². The number of nitro groups is 1. The standard InChI is InChI=1S/C15H22N2O2/c1-12(13-6-2-3-7-13)16-11-10-14-8-4-5-9-15(14)17(18)19/h4-5,8-9,12-13,16H,2-3,6-7,10-11H2,1H3/t12-/m0/s1. The minimum Gasteiger partial charge on any atom is -0.314 e. The van der Waals surface area contributed by atoms with E-state index < -0.39 is 0 Å². The highest BCUT2D eigenvalue weighted by molar-refractivity contribution is 5.39. The Balaban J connectivity index is 1.83. The molecule has 1 N–H and O–H groups in total. The fourth-order valence-electron chi connectivity index (χ4n) is 2.96. The zero-order valence-electron chi connectivity index (χ0n) is 11.5. The summed E-state index contributed by atoms with van der Waals surface area (Å²) >= 11 is 0. The van der Waals surface area contributed by atoms with Gasteiger partial charge in [0, 0.05) is 17.7 Å². The summed E-state index contributed by atoms with van der Waals surface area (Å²) in [6, 6.07) is 7.53. The van der Waals surface area contributed by atoms with Crippen LogP contribution in [-0.2, 0) is 6.42 Å². The normalized spacial score (nSPS) is 17.5. The minimum atomic E-state index is -0.296. The predicted molar refractivity (Wildman–Crippen MR) is 76.2 cm³/mol. The van der Waals surface area contributed by atoms with Crippen LogP contribution in [0.15, 0.2) is 24.3 Å². The maximum atomic E-state index is 10.9. The highest BCUT2D eigenvalue weighted by atomic mass is 16.6. The summed E-state index contributed by atoms with van der Waals surface area (Å²) in [5, 5.41) is 14.4. The molecule has 0 aromatic heterocycles. The van der Waals surface area contributed by atoms with Crippen LogP contribution in [0.2, 0.25) is 0 Å². The van der Waals surface area contributed by atoms with Crippen molar-refractivity contribution in [1.29, 1.82) is 0 Å². The summed E-state index contributed by atoms with van der Waals surface area (Å²) in [7, 11) is 0. The van der Waals surface area contributed by atoms with Crippen molar-refractivity contribution < 1.29 is 4.92 Å². The molecule has 0 saturated heterocycles. The molecule has 1 aromatic carbocycles. The monoisotopic (exact) mass is 262 g/mol. The third-order valence-corrected chi connectivity index (χ3v) is 4.16. The predicted octanol–water partition coefficient (Wildman–Crippen LogP) is 3.31. The maximum absolute atomic E-state index is 10.9. The fourth-order valence-corrected chi connectivity index (χ4v) is 2.96. The average molecular weight is 262 g/mol. The SMILES string of the molecule is C[C@H](NCCc1ccccc1[N+](=O)[O-])C1CCCC1. The number of nitro benzene ring substituents is 1. The second-order valence-corrected chi connectivity index (χ2v) is 5.42. The van der Waals surface area contributed by atoms with Crippen LogP contribution in [0.4, 0.5) is 5.69 Å². The maximum Gasteiger partial charge on any atom is 0.272 e. The van der Waals surface area contributed by atoms with E-state index in [0.29, 0.717) is 12.5 Å². The summed E-state index contributed by atoms with van der Waals surface area (Å²) in [4.78, 5) is 10.6. The number of hydrogen-bond acceptors (Lipinski definition) is 3. The van der Waals surface area contributed by atoms with Gasteiger partial charge in [0.2, 0.25) is 0 Å². The van der Waals surface area contributed by atoms with Gasteiger partial charge in [-0.05, 0) is 38.6 Å². The van der Waals surface area contributed by atoms with E-state index in [4.69, 9.17) is 0 Å². The highest BCUT2D eigenvalue weighted by Gasteiger charge is 2.21. The van der Waals surface area contributed by atoms with Gasteiger partial charge in [-0.3, -0.25) is 10.1 Å². The summed E-state index contributed by atoms with van der Waals surface area (Å²) < 4.78 is 0. The van der Waals surface area contributed by atoms with Crippen LogP contribution in [0.3, 0.4) is 0 Å². The lowest BCUT2D eigenvalue weighted by atomic mass is 9.99. The summed E-state index contributed by atoms with van der Waals surface area (Å²) in [6.45, 7) is 3.04. The second kappa shape index (κ2) is 6.66. The molecule has 4 heteroatoms. The van der Waals surface area contributed by atoms with Gasteiger partial charge in [-0.15, -0.1) is 0 Å². The molecule has 1 aromatic rings. The number of hydrogen-bond donors (Lipinski definition) is 1. The van der Waals surface area contributed by atoms with E-state index in [2.05, 4.69) is 12.2 Å². The Morgan fingerprint density at radius 3 is 2.74 bits per heavy atom. The van der Waals surface area contributed by atoms with Crippen molar-refractivity contribution in [2.75, 3.05) is 6.54 Å². The molecule has 0 bridgehead atoms. The Kier molecular flexibility index (Phi) is 4.91. The molecule has 4 nitrogen and oxygen atoms in total. The van der Waals surface area contributed by atoms with E-state index in [0.717, 1.165) is 18.0 Å². The highest BCUT2D eigenvalue weighted by Crippen LogP contribution is 2.27. The van der Waals surface area contributed by atoms with E-state index in [1.165, 1.54) is 25.7 Å². The minimum absolute atomic E-state index is 0.234. The van der Waals surface area contributed by atoms with E-state index in [9.17, 15) is 10.1 Å². The lowest BCUT2D eigenvalue weighted by molar-refractivity contribution is -0.385. The van der Waals surface area contributed by atoms with Crippen molar-refractivity contribution in [3.63, 3.8) is 0 Å². The third kappa shape index (κ3) is 3.77. The van der Waals surface area contributed by atoms with E-state index in [1.807, 2.05) is 12.1 Å². The van der Waals surface area contributed by atoms with Gasteiger partial charge in [-0.25, -0.2) is 0 Å². The van der Waals surface area contributed by atoms with Crippen LogP contribution in [0.25, 0.3) is 0 Å². The number of nitrogens with zero attached hydrogens (tertiary/aromatic N) is 1. The van der Waals surface area contributed by atoms with E-state index in [1.54, 1.807) is 12.1 Å². The Morgan fingerprint density at radius 1 is 1.37 bits per heavy atom. The number of benzene rings is 1. The molecule has 0 amide bonds. The quantitative estimate of drug-likeness (QED) is 0.632. The van der Waals surface area contributed by atoms with Crippen LogP contribution >= 0.6 is 0 Å². The lowest BCUT2D eigenvalue weighted by Crippen LogP contribution is -2.33. The Morgan fingerprint density at radius 2 is 2.05 bits per heavy atom. The van der Waals surface area contributed by atoms with Gasteiger partial charge in [0.1, 0.15) is 0 Å². The largest absolute Gasteiger partial charge is 0.314 e. The average Bonchev–Trinajstić information content (AvgIpc) is 2.93. The molecule has 1 fully saturated rings. The molecule has 2 rings (SSSR count). The summed E-state index contributed by atoms with van der Waals surface area (Å²) in [5.41, 5.74) is 1.05. The first-order valence-corrected chi connectivity index (χ1v) is 7.14. The molecule has 0 aliphatic heterocycles. The molecule has 1 aliphatic carbocycles. The molecule has 104 valence electrons. The Bertz CT molecular complexity index is 428. The third-order valence-electron chi connectivity index (χ3n) is 4.16. The summed E-state index contributed by atoms with van der Waals surface area (Å²) in [6.07, 6.45) is 6.05. The lowest BCUT2D eigenvalue weighted by Gasteiger charge is -2.20. The molecule has 0 unspecified atom stereocenters. The topological polar surface area (TPSA) is 55.2 Å². The van der Waals surface area contributed by atoms with Crippen LogP contribution in [0.5, 0.6) is 0 Å². The zero-order chi connectivity index (χ0) is 13.7. The van der Waals surface area contributed by atoms with Gasteiger partial charge in [0.05, 0.1) is 4.92 Å². The molecular weight excluding hydrogens is 240 g/mol. The van der Waals surface area contributed by atoms with Crippen LogP contribution in [0.1, 0.15) is 38.2 Å². The van der Waals surface area contributed by atoms with Crippen LogP contribution < -0.4 is 5.32 Å². The zero-order valence-corrected chi connectivity index (χ0v) is 11.5. The number of para-hydroxylation sites is 1. The van der Waals surface area contributed by atoms with Gasteiger partial charge in [-0.2, -0.15) is 0 Å². The molecule has 0 heterocycles. The van der Waals surface area contributed by atoms with Crippen LogP contribution in [0, 0.1) is 16.0 Å². The Hall–Kier alpha value is -1.42. The molecule has 19 heavy (non-hydrogen) atoms. The fraction of sp³-hybridized carbons (Fsp3) is 0.600.